The molecule has 1 aromatic carbocycles. The number of nitrogens with zero attached hydrogens (tertiary/aromatic N) is 1. The number of methoxy groups -OCH3 is 1. The van der Waals surface area contributed by atoms with E-state index in [0.717, 1.165) is 16.0 Å². The third kappa shape index (κ3) is 1.32. The molecule has 0 aromatic heterocycles. The average Bonchev–Trinajstić information content (AvgIpc) is 2.93. The summed E-state index contributed by atoms with van der Waals surface area (Å²) in [6.07, 6.45) is -0.501. The Kier molecular flexibility index (Phi) is 1.83. The van der Waals surface area contributed by atoms with E-state index in [1.807, 2.05) is 0 Å². The van der Waals surface area contributed by atoms with Crippen LogP contribution in [0.1, 0.15) is 35.9 Å². The van der Waals surface area contributed by atoms with Crippen LogP contribution in [0.15, 0.2) is 12.1 Å². The lowest BCUT2D eigenvalue weighted by molar-refractivity contribution is -0.185. The first-order valence-corrected chi connectivity index (χ1v) is 8.00. The Balaban J connectivity index is 1.84. The lowest BCUT2D eigenvalue weighted by atomic mass is 9.49. The van der Waals surface area contributed by atoms with Gasteiger partial charge in [0.05, 0.1) is 19.5 Å². The molecule has 1 aromatic rings. The van der Waals surface area contributed by atoms with E-state index < -0.39 is 30.1 Å². The Bertz CT molecular complexity index is 874. The Morgan fingerprint density at radius 3 is 3.17 bits per heavy atom. The fourth-order valence-electron chi connectivity index (χ4n) is 5.22. The van der Waals surface area contributed by atoms with Crippen molar-refractivity contribution in [2.24, 2.45) is 0 Å². The predicted octanol–water partition coefficient (Wildman–Crippen LogP) is 1.05. The summed E-state index contributed by atoms with van der Waals surface area (Å²) in [5, 5.41) is 11.9. The van der Waals surface area contributed by atoms with Gasteiger partial charge in [-0.3, -0.25) is 4.79 Å². The summed E-state index contributed by atoms with van der Waals surface area (Å²) in [6.45, 7) is -2.42. The zero-order valence-electron chi connectivity index (χ0n) is 16.9. The first kappa shape index (κ1) is 10.3. The van der Waals surface area contributed by atoms with Gasteiger partial charge in [0, 0.05) is 22.1 Å². The molecule has 5 heteroatoms. The molecule has 1 N–H and O–H groups in total. The fraction of sp³-hybridized carbons (Fsp3) is 0.611. The average molecular weight is 319 g/mol. The van der Waals surface area contributed by atoms with Gasteiger partial charge >= 0.3 is 0 Å². The highest BCUT2D eigenvalue weighted by atomic mass is 16.5. The molecule has 5 rings (SSSR count). The number of hydrogen-bond acceptors (Lipinski definition) is 5. The number of likely N-dealkylation sites (tertiary alicyclic amines) is 1. The molecule has 1 spiro atoms. The van der Waals surface area contributed by atoms with Crippen LogP contribution >= 0.6 is 0 Å². The van der Waals surface area contributed by atoms with E-state index in [9.17, 15) is 11.3 Å². The van der Waals surface area contributed by atoms with Crippen LogP contribution in [0, 0.1) is 0 Å². The van der Waals surface area contributed by atoms with Gasteiger partial charge in [0.25, 0.3) is 0 Å². The number of benzene rings is 1. The maximum atomic E-state index is 12.8. The van der Waals surface area contributed by atoms with Crippen molar-refractivity contribution in [1.29, 1.82) is 0 Å². The quantitative estimate of drug-likeness (QED) is 0.838. The van der Waals surface area contributed by atoms with Crippen molar-refractivity contribution in [3.8, 4) is 11.5 Å². The van der Waals surface area contributed by atoms with Gasteiger partial charge in [0.15, 0.2) is 23.4 Å². The minimum atomic E-state index is -2.51. The molecule has 0 amide bonds. The van der Waals surface area contributed by atoms with E-state index in [-0.39, 0.29) is 38.0 Å². The second-order valence-electron chi connectivity index (χ2n) is 6.95. The number of ether oxygens (including phenoxy) is 2. The van der Waals surface area contributed by atoms with Gasteiger partial charge in [-0.15, -0.1) is 0 Å². The zero-order valence-corrected chi connectivity index (χ0v) is 12.9. The molecule has 2 aliphatic heterocycles. The third-order valence-corrected chi connectivity index (χ3v) is 6.21. The standard InChI is InChI=1S/C18H21NO4/c1-19-8-7-17-14-10-3-4-12(22-2)15(14)23-16(17)11(20)5-6-18(17,21)13(19)9-10/h3-4,13,16,21H,5-9H2,1-2H3/t13-,16?,17+,18-/m1/s1/i1D3,13D. The number of ketones is 1. The molecule has 2 heterocycles. The van der Waals surface area contributed by atoms with Crippen LogP contribution in [-0.2, 0) is 16.6 Å². The van der Waals surface area contributed by atoms with E-state index >= 15 is 0 Å². The third-order valence-electron chi connectivity index (χ3n) is 6.21. The van der Waals surface area contributed by atoms with Gasteiger partial charge in [-0.25, -0.2) is 0 Å². The summed E-state index contributed by atoms with van der Waals surface area (Å²) in [5.74, 6) is 0.830. The SMILES string of the molecule is [2H]C([2H])([2H])N1CC[C@]23c4c5ccc(OC)c4OC2C(=O)CC[C@@]3(O)[C@@]1([2H])C5. The van der Waals surface area contributed by atoms with Crippen molar-refractivity contribution in [3.63, 3.8) is 0 Å². The molecular weight excluding hydrogens is 294 g/mol. The van der Waals surface area contributed by atoms with Crippen LogP contribution < -0.4 is 9.47 Å². The van der Waals surface area contributed by atoms with Crippen molar-refractivity contribution >= 4 is 5.78 Å². The lowest BCUT2D eigenvalue weighted by Crippen LogP contribution is -2.76. The Labute approximate surface area is 140 Å². The van der Waals surface area contributed by atoms with Crippen LogP contribution in [-0.4, -0.2) is 54.1 Å². The first-order chi connectivity index (χ1) is 12.6. The molecule has 1 saturated carbocycles. The van der Waals surface area contributed by atoms with Crippen LogP contribution in [0.2, 0.25) is 0 Å². The molecule has 2 fully saturated rings. The maximum Gasteiger partial charge on any atom is 0.174 e. The second kappa shape index (κ2) is 4.08. The van der Waals surface area contributed by atoms with Crippen molar-refractivity contribution in [2.45, 2.75) is 48.8 Å². The molecule has 1 saturated heterocycles. The molecule has 2 aliphatic carbocycles. The van der Waals surface area contributed by atoms with Crippen molar-refractivity contribution in [1.82, 2.24) is 4.90 Å². The molecule has 122 valence electrons. The van der Waals surface area contributed by atoms with Crippen molar-refractivity contribution < 1.29 is 24.9 Å². The van der Waals surface area contributed by atoms with Crippen molar-refractivity contribution in [3.05, 3.63) is 23.3 Å². The molecule has 2 bridgehead atoms. The molecule has 0 radical (unpaired) electrons. The number of rotatable bonds is 1. The number of carbonyl (C=O) groups excluding carboxylic acids is 1. The molecule has 4 atom stereocenters. The highest BCUT2D eigenvalue weighted by Crippen LogP contribution is 2.64. The van der Waals surface area contributed by atoms with Crippen LogP contribution in [0.5, 0.6) is 11.5 Å². The van der Waals surface area contributed by atoms with Crippen molar-refractivity contribution in [2.75, 3.05) is 20.6 Å². The first-order valence-electron chi connectivity index (χ1n) is 10.00. The number of aliphatic hydroxyl groups is 1. The monoisotopic (exact) mass is 319 g/mol. The molecule has 4 aliphatic rings. The zero-order chi connectivity index (χ0) is 19.4. The highest BCUT2D eigenvalue weighted by Gasteiger charge is 2.72. The van der Waals surface area contributed by atoms with Gasteiger partial charge in [-0.05, 0) is 44.4 Å². The van der Waals surface area contributed by atoms with Crippen LogP contribution in [0.25, 0.3) is 0 Å². The van der Waals surface area contributed by atoms with E-state index in [0.29, 0.717) is 11.5 Å². The largest absolute Gasteiger partial charge is 0.493 e. The number of hydrogen-bond donors (Lipinski definition) is 1. The van der Waals surface area contributed by atoms with Gasteiger partial charge in [0.2, 0.25) is 0 Å². The summed E-state index contributed by atoms with van der Waals surface area (Å²) in [4.78, 5) is 13.9. The summed E-state index contributed by atoms with van der Waals surface area (Å²) in [7, 11) is 1.52. The number of likely N-dealkylation sites (N-methyl/N-ethyl adjacent to an activating group) is 1. The second-order valence-corrected chi connectivity index (χ2v) is 6.95. The van der Waals surface area contributed by atoms with Crippen LogP contribution in [0.4, 0.5) is 0 Å². The van der Waals surface area contributed by atoms with E-state index in [1.54, 1.807) is 12.1 Å². The van der Waals surface area contributed by atoms with E-state index in [4.69, 9.17) is 13.6 Å². The molecule has 5 nitrogen and oxygen atoms in total. The smallest absolute Gasteiger partial charge is 0.174 e. The Morgan fingerprint density at radius 1 is 1.52 bits per heavy atom. The minimum absolute atomic E-state index is 0.0534. The Morgan fingerprint density at radius 2 is 2.39 bits per heavy atom. The highest BCUT2D eigenvalue weighted by molar-refractivity contribution is 5.90. The summed E-state index contributed by atoms with van der Waals surface area (Å²) >= 11 is 0. The van der Waals surface area contributed by atoms with Gasteiger partial charge in [-0.1, -0.05) is 6.07 Å². The molecule has 23 heavy (non-hydrogen) atoms. The normalized spacial score (nSPS) is 46.9. The summed E-state index contributed by atoms with van der Waals surface area (Å²) < 4.78 is 44.5. The maximum absolute atomic E-state index is 12.8. The number of Topliss-reactive ketones (excluding diaryl/α,β-unsaturated/α-hetero) is 1. The van der Waals surface area contributed by atoms with Gasteiger partial charge in [0.1, 0.15) is 0 Å². The van der Waals surface area contributed by atoms with E-state index in [2.05, 4.69) is 0 Å². The summed E-state index contributed by atoms with van der Waals surface area (Å²) in [6, 6.07) is 1.76. The number of carbonyl (C=O) groups is 1. The lowest BCUT2D eigenvalue weighted by Gasteiger charge is -2.62. The molecule has 1 unspecified atom stereocenters. The fourth-order valence-corrected chi connectivity index (χ4v) is 5.22. The number of piperidine rings is 1. The summed E-state index contributed by atoms with van der Waals surface area (Å²) in [5.41, 5.74) is -1.33. The minimum Gasteiger partial charge on any atom is -0.493 e. The van der Waals surface area contributed by atoms with Gasteiger partial charge < -0.3 is 19.5 Å². The van der Waals surface area contributed by atoms with Gasteiger partial charge in [-0.2, -0.15) is 0 Å². The predicted molar refractivity (Wildman–Crippen MR) is 83.0 cm³/mol. The topological polar surface area (TPSA) is 59.0 Å². The van der Waals surface area contributed by atoms with Crippen LogP contribution in [0.3, 0.4) is 0 Å². The molecular formula is C18H21NO4. The van der Waals surface area contributed by atoms with E-state index in [1.165, 1.54) is 7.11 Å². The Hall–Kier alpha value is -1.59.